The van der Waals surface area contributed by atoms with Crippen LogP contribution in [0.25, 0.3) is 15.9 Å². The van der Waals surface area contributed by atoms with Crippen LogP contribution in [0, 0.1) is 0 Å². The van der Waals surface area contributed by atoms with Gasteiger partial charge in [-0.2, -0.15) is 0 Å². The van der Waals surface area contributed by atoms with Gasteiger partial charge in [0.25, 0.3) is 0 Å². The van der Waals surface area contributed by atoms with E-state index in [-0.39, 0.29) is 5.60 Å². The number of rotatable bonds is 6. The van der Waals surface area contributed by atoms with Crippen molar-refractivity contribution < 1.29 is 4.74 Å². The predicted molar refractivity (Wildman–Crippen MR) is 111 cm³/mol. The van der Waals surface area contributed by atoms with Crippen LogP contribution in [-0.2, 0) is 17.8 Å². The number of aromatic nitrogens is 4. The fraction of sp³-hybridized carbons (Fsp3) is 0.611. The molecule has 0 bridgehead atoms. The van der Waals surface area contributed by atoms with Crippen LogP contribution in [-0.4, -0.2) is 37.2 Å². The first-order valence-electron chi connectivity index (χ1n) is 9.10. The Bertz CT molecular complexity index is 951. The average molecular weight is 409 g/mol. The van der Waals surface area contributed by atoms with Crippen LogP contribution in [0.2, 0.25) is 0 Å². The topological polar surface area (TPSA) is 52.3 Å². The molecule has 0 aromatic carbocycles. The maximum Gasteiger partial charge on any atom is 0.197 e. The zero-order valence-corrected chi connectivity index (χ0v) is 18.1. The molecule has 0 amide bonds. The first-order valence-corrected chi connectivity index (χ1v) is 12.1. The first-order chi connectivity index (χ1) is 12.6. The quantitative estimate of drug-likeness (QED) is 0.318. The van der Waals surface area contributed by atoms with Gasteiger partial charge < -0.3 is 4.74 Å². The largest absolute Gasteiger partial charge is 0.369 e. The third-order valence-corrected chi connectivity index (χ3v) is 7.83. The number of thiophene rings is 1. The Morgan fingerprint density at radius 3 is 2.85 bits per heavy atom. The molecule has 0 saturated carbocycles. The molecule has 0 unspecified atom stereocenters. The van der Waals surface area contributed by atoms with Crippen LogP contribution in [0.15, 0.2) is 10.3 Å². The molecule has 140 valence electrons. The van der Waals surface area contributed by atoms with E-state index in [4.69, 9.17) is 9.72 Å². The molecule has 0 saturated heterocycles. The van der Waals surface area contributed by atoms with E-state index >= 15 is 0 Å². The Morgan fingerprint density at radius 2 is 2.12 bits per heavy atom. The van der Waals surface area contributed by atoms with Crippen molar-refractivity contribution in [1.29, 1.82) is 0 Å². The van der Waals surface area contributed by atoms with Gasteiger partial charge in [0.05, 0.1) is 17.6 Å². The molecule has 8 heteroatoms. The Labute approximate surface area is 166 Å². The fourth-order valence-electron chi connectivity index (χ4n) is 3.28. The SMILES string of the molecule is CCCCSc1nnc2c3c4c(sc3nc(SC)n12)CO[C@@](C)(CC)C4. The maximum absolute atomic E-state index is 6.14. The molecule has 3 aromatic heterocycles. The first kappa shape index (κ1) is 18.5. The van der Waals surface area contributed by atoms with E-state index in [1.807, 2.05) is 0 Å². The lowest BCUT2D eigenvalue weighted by atomic mass is 9.90. The summed E-state index contributed by atoms with van der Waals surface area (Å²) in [7, 11) is 0. The lowest BCUT2D eigenvalue weighted by Gasteiger charge is -2.32. The normalized spacial score (nSPS) is 20.2. The van der Waals surface area contributed by atoms with E-state index in [1.165, 1.54) is 28.7 Å². The summed E-state index contributed by atoms with van der Waals surface area (Å²) >= 11 is 5.18. The molecule has 0 fully saturated rings. The molecule has 1 atom stereocenters. The van der Waals surface area contributed by atoms with Crippen molar-refractivity contribution in [1.82, 2.24) is 19.6 Å². The Hall–Kier alpha value is -0.830. The molecule has 26 heavy (non-hydrogen) atoms. The molecular weight excluding hydrogens is 384 g/mol. The number of unbranched alkanes of at least 4 members (excludes halogenated alkanes) is 1. The van der Waals surface area contributed by atoms with Crippen molar-refractivity contribution in [2.45, 2.75) is 69.0 Å². The molecule has 1 aliphatic heterocycles. The summed E-state index contributed by atoms with van der Waals surface area (Å²) in [5.74, 6) is 1.06. The second-order valence-corrected chi connectivity index (χ2v) is 9.81. The van der Waals surface area contributed by atoms with Gasteiger partial charge in [-0.1, -0.05) is 43.8 Å². The number of nitrogens with zero attached hydrogens (tertiary/aromatic N) is 4. The predicted octanol–water partition coefficient (Wildman–Crippen LogP) is 5.19. The van der Waals surface area contributed by atoms with Gasteiger partial charge in [0.2, 0.25) is 0 Å². The third kappa shape index (κ3) is 3.04. The summed E-state index contributed by atoms with van der Waals surface area (Å²) in [6.07, 6.45) is 6.36. The second kappa shape index (κ2) is 7.30. The van der Waals surface area contributed by atoms with Gasteiger partial charge in [-0.3, -0.25) is 0 Å². The minimum atomic E-state index is -0.102. The molecular formula is C18H24N4OS3. The Balaban J connectivity index is 1.89. The van der Waals surface area contributed by atoms with E-state index in [9.17, 15) is 0 Å². The smallest absolute Gasteiger partial charge is 0.197 e. The summed E-state index contributed by atoms with van der Waals surface area (Å²) in [5, 5.41) is 12.2. The van der Waals surface area contributed by atoms with Crippen molar-refractivity contribution in [3.8, 4) is 0 Å². The van der Waals surface area contributed by atoms with Crippen molar-refractivity contribution in [3.63, 3.8) is 0 Å². The van der Waals surface area contributed by atoms with Crippen LogP contribution >= 0.6 is 34.9 Å². The number of hydrogen-bond acceptors (Lipinski definition) is 7. The van der Waals surface area contributed by atoms with Gasteiger partial charge in [0.15, 0.2) is 16.0 Å². The number of thioether (sulfide) groups is 2. The maximum atomic E-state index is 6.14. The molecule has 5 nitrogen and oxygen atoms in total. The van der Waals surface area contributed by atoms with Crippen LogP contribution in [0.4, 0.5) is 0 Å². The summed E-state index contributed by atoms with van der Waals surface area (Å²) in [6.45, 7) is 7.29. The van der Waals surface area contributed by atoms with Gasteiger partial charge in [-0.15, -0.1) is 21.5 Å². The fourth-order valence-corrected chi connectivity index (χ4v) is 6.05. The standard InChI is InChI=1S/C18H24N4OS3/c1-5-7-8-25-17-21-20-14-13-11-9-18(3,6-2)23-10-12(11)26-15(13)19-16(24-4)22(14)17/h5-10H2,1-4H3/t18-/m0/s1. The zero-order chi connectivity index (χ0) is 18.3. The van der Waals surface area contributed by atoms with Gasteiger partial charge >= 0.3 is 0 Å². The van der Waals surface area contributed by atoms with Crippen LogP contribution in [0.3, 0.4) is 0 Å². The van der Waals surface area contributed by atoms with Gasteiger partial charge in [0, 0.05) is 17.1 Å². The highest BCUT2D eigenvalue weighted by atomic mass is 32.2. The van der Waals surface area contributed by atoms with E-state index in [0.29, 0.717) is 6.61 Å². The van der Waals surface area contributed by atoms with Crippen LogP contribution < -0.4 is 0 Å². The van der Waals surface area contributed by atoms with E-state index in [1.54, 1.807) is 34.9 Å². The van der Waals surface area contributed by atoms with Crippen LogP contribution in [0.5, 0.6) is 0 Å². The highest BCUT2D eigenvalue weighted by Gasteiger charge is 2.33. The summed E-state index contributed by atoms with van der Waals surface area (Å²) in [5.41, 5.74) is 2.22. The molecule has 4 rings (SSSR count). The lowest BCUT2D eigenvalue weighted by Crippen LogP contribution is -2.33. The van der Waals surface area contributed by atoms with Crippen molar-refractivity contribution in [3.05, 3.63) is 10.4 Å². The van der Waals surface area contributed by atoms with E-state index in [0.717, 1.165) is 39.4 Å². The van der Waals surface area contributed by atoms with Crippen molar-refractivity contribution >= 4 is 50.7 Å². The van der Waals surface area contributed by atoms with Gasteiger partial charge in [0.1, 0.15) is 4.83 Å². The molecule has 1 aliphatic rings. The number of ether oxygens (including phenoxy) is 1. The zero-order valence-electron chi connectivity index (χ0n) is 15.7. The molecule has 4 heterocycles. The Morgan fingerprint density at radius 1 is 1.27 bits per heavy atom. The summed E-state index contributed by atoms with van der Waals surface area (Å²) in [6, 6.07) is 0. The van der Waals surface area contributed by atoms with Gasteiger partial charge in [-0.25, -0.2) is 9.38 Å². The highest BCUT2D eigenvalue weighted by Crippen LogP contribution is 2.42. The lowest BCUT2D eigenvalue weighted by molar-refractivity contribution is -0.0542. The monoisotopic (exact) mass is 408 g/mol. The molecule has 0 N–H and O–H groups in total. The van der Waals surface area contributed by atoms with Crippen LogP contribution in [0.1, 0.15) is 50.5 Å². The van der Waals surface area contributed by atoms with Gasteiger partial charge in [-0.05, 0) is 31.6 Å². The molecule has 3 aromatic rings. The minimum absolute atomic E-state index is 0.102. The average Bonchev–Trinajstić information content (AvgIpc) is 3.22. The summed E-state index contributed by atoms with van der Waals surface area (Å²) < 4.78 is 8.29. The van der Waals surface area contributed by atoms with E-state index in [2.05, 4.69) is 41.6 Å². The minimum Gasteiger partial charge on any atom is -0.369 e. The van der Waals surface area contributed by atoms with E-state index < -0.39 is 0 Å². The number of fused-ring (bicyclic) bond motifs is 5. The third-order valence-electron chi connectivity index (χ3n) is 5.08. The number of hydrogen-bond donors (Lipinski definition) is 0. The highest BCUT2D eigenvalue weighted by molar-refractivity contribution is 7.99. The Kier molecular flexibility index (Phi) is 5.20. The van der Waals surface area contributed by atoms with Crippen molar-refractivity contribution in [2.24, 2.45) is 0 Å². The second-order valence-electron chi connectivity index (χ2n) is 6.89. The molecule has 0 aliphatic carbocycles. The molecule has 0 radical (unpaired) electrons. The summed E-state index contributed by atoms with van der Waals surface area (Å²) in [4.78, 5) is 7.31. The molecule has 0 spiro atoms. The van der Waals surface area contributed by atoms with Crippen molar-refractivity contribution in [2.75, 3.05) is 12.0 Å².